The summed E-state index contributed by atoms with van der Waals surface area (Å²) in [6, 6.07) is 0. The predicted octanol–water partition coefficient (Wildman–Crippen LogP) is 0.0648. The molecule has 9 heteroatoms. The quantitative estimate of drug-likeness (QED) is 0.503. The first-order valence-electron chi connectivity index (χ1n) is 5.08. The highest BCUT2D eigenvalue weighted by Gasteiger charge is 2.43. The van der Waals surface area contributed by atoms with Gasteiger partial charge in [-0.2, -0.15) is 13.2 Å². The van der Waals surface area contributed by atoms with E-state index in [-0.39, 0.29) is 0 Å². The molecule has 1 fully saturated rings. The van der Waals surface area contributed by atoms with Crippen molar-refractivity contribution in [3.8, 4) is 0 Å². The molecule has 18 heavy (non-hydrogen) atoms. The van der Waals surface area contributed by atoms with Gasteiger partial charge >= 0.3 is 18.1 Å². The van der Waals surface area contributed by atoms with Gasteiger partial charge in [-0.15, -0.1) is 0 Å². The Balaban J connectivity index is 0.000000411. The fraction of sp³-hybridized carbons (Fsp3) is 0.778. The van der Waals surface area contributed by atoms with Crippen molar-refractivity contribution in [2.24, 2.45) is 5.92 Å². The van der Waals surface area contributed by atoms with E-state index < -0.39 is 30.1 Å². The Morgan fingerprint density at radius 1 is 1.11 bits per heavy atom. The van der Waals surface area contributed by atoms with Crippen molar-refractivity contribution in [3.63, 3.8) is 0 Å². The van der Waals surface area contributed by atoms with Gasteiger partial charge in [-0.05, 0) is 31.8 Å². The summed E-state index contributed by atoms with van der Waals surface area (Å²) in [6.45, 7) is 1.13. The Hall–Kier alpha value is -1.35. The number of alkyl halides is 3. The van der Waals surface area contributed by atoms with Crippen molar-refractivity contribution in [2.45, 2.75) is 25.1 Å². The number of carbonyl (C=O) groups is 2. The van der Waals surface area contributed by atoms with Crippen molar-refractivity contribution < 1.29 is 38.1 Å². The number of carboxylic acid groups (broad SMARTS) is 2. The smallest absolute Gasteiger partial charge is 0.414 e. The average molecular weight is 273 g/mol. The molecule has 0 aromatic carbocycles. The fourth-order valence-corrected chi connectivity index (χ4v) is 1.43. The highest BCUT2D eigenvalue weighted by atomic mass is 19.4. The number of nitrogens with one attached hydrogen (secondary N) is 1. The predicted molar refractivity (Wildman–Crippen MR) is 52.9 cm³/mol. The van der Waals surface area contributed by atoms with E-state index in [1.54, 1.807) is 0 Å². The van der Waals surface area contributed by atoms with E-state index in [1.807, 2.05) is 0 Å². The summed E-state index contributed by atoms with van der Waals surface area (Å²) in [4.78, 5) is 18.2. The van der Waals surface area contributed by atoms with Crippen molar-refractivity contribution in [3.05, 3.63) is 0 Å². The number of aliphatic hydroxyl groups is 1. The van der Waals surface area contributed by atoms with Crippen molar-refractivity contribution >= 4 is 11.9 Å². The molecule has 1 rings (SSSR count). The van der Waals surface area contributed by atoms with Crippen LogP contribution in [-0.2, 0) is 9.59 Å². The van der Waals surface area contributed by atoms with Crippen LogP contribution in [0.25, 0.3) is 0 Å². The summed E-state index contributed by atoms with van der Waals surface area (Å²) in [7, 11) is 0. The lowest BCUT2D eigenvalue weighted by molar-refractivity contribution is -0.221. The molecule has 1 atom stereocenters. The largest absolute Gasteiger partial charge is 0.473 e. The van der Waals surface area contributed by atoms with Gasteiger partial charge in [0.15, 0.2) is 6.10 Å². The lowest BCUT2D eigenvalue weighted by Gasteiger charge is -2.28. The average Bonchev–Trinajstić information content (AvgIpc) is 2.28. The molecule has 1 unspecified atom stereocenters. The van der Waals surface area contributed by atoms with Gasteiger partial charge in [-0.1, -0.05) is 0 Å². The Labute approximate surface area is 100 Å². The first-order chi connectivity index (χ1) is 8.16. The van der Waals surface area contributed by atoms with Gasteiger partial charge < -0.3 is 20.6 Å². The Morgan fingerprint density at radius 3 is 1.78 bits per heavy atom. The Morgan fingerprint density at radius 2 is 1.50 bits per heavy atom. The van der Waals surface area contributed by atoms with Gasteiger partial charge in [0.2, 0.25) is 0 Å². The van der Waals surface area contributed by atoms with Crippen molar-refractivity contribution in [1.82, 2.24) is 5.32 Å². The van der Waals surface area contributed by atoms with Crippen LogP contribution in [0.2, 0.25) is 0 Å². The molecule has 0 bridgehead atoms. The van der Waals surface area contributed by atoms with Crippen LogP contribution in [0.4, 0.5) is 13.2 Å². The zero-order chi connectivity index (χ0) is 14.3. The molecule has 4 N–H and O–H groups in total. The van der Waals surface area contributed by atoms with Crippen LogP contribution in [0.5, 0.6) is 0 Å². The molecule has 0 aromatic heterocycles. The number of aliphatic carboxylic acids is 2. The minimum absolute atomic E-state index is 0.403. The van der Waals surface area contributed by atoms with Gasteiger partial charge in [0.1, 0.15) is 0 Å². The Kier molecular flexibility index (Phi) is 6.63. The fourth-order valence-electron chi connectivity index (χ4n) is 1.43. The van der Waals surface area contributed by atoms with E-state index >= 15 is 0 Å². The van der Waals surface area contributed by atoms with Crippen LogP contribution in [0, 0.1) is 5.92 Å². The summed E-state index contributed by atoms with van der Waals surface area (Å²) >= 11 is 0. The van der Waals surface area contributed by atoms with E-state index in [0.29, 0.717) is 25.9 Å². The molecule has 0 aliphatic carbocycles. The second kappa shape index (κ2) is 7.17. The Bertz CT molecular complexity index is 276. The van der Waals surface area contributed by atoms with Crippen LogP contribution < -0.4 is 5.32 Å². The minimum atomic E-state index is -4.46. The van der Waals surface area contributed by atoms with Gasteiger partial charge in [0, 0.05) is 0 Å². The second-order valence-corrected chi connectivity index (χ2v) is 3.68. The molecular formula is C9H14F3NO5. The summed E-state index contributed by atoms with van der Waals surface area (Å²) < 4.78 is 35.9. The van der Waals surface area contributed by atoms with Crippen LogP contribution in [0.3, 0.4) is 0 Å². The number of hydrogen-bond donors (Lipinski definition) is 4. The third-order valence-corrected chi connectivity index (χ3v) is 2.35. The van der Waals surface area contributed by atoms with Crippen LogP contribution in [0.15, 0.2) is 0 Å². The maximum absolute atomic E-state index is 12.0. The van der Waals surface area contributed by atoms with Gasteiger partial charge in [0.05, 0.1) is 0 Å². The SMILES string of the molecule is O=C(O)C(=O)O.OC(C1CCNCC1)C(F)(F)F. The van der Waals surface area contributed by atoms with Crippen molar-refractivity contribution in [2.75, 3.05) is 13.1 Å². The molecule has 1 aliphatic rings. The maximum Gasteiger partial charge on any atom is 0.414 e. The van der Waals surface area contributed by atoms with E-state index in [1.165, 1.54) is 0 Å². The minimum Gasteiger partial charge on any atom is -0.473 e. The standard InChI is InChI=1S/C7H12F3NO.C2H2O4/c8-7(9,10)6(12)5-1-3-11-4-2-5;3-1(4)2(5)6/h5-6,11-12H,1-4H2;(H,3,4)(H,5,6). The normalized spacial score (nSPS) is 18.4. The number of aliphatic hydroxyl groups excluding tert-OH is 1. The highest BCUT2D eigenvalue weighted by Crippen LogP contribution is 2.29. The molecule has 1 aliphatic heterocycles. The molecule has 0 aromatic rings. The van der Waals surface area contributed by atoms with Crippen LogP contribution in [-0.4, -0.2) is 52.6 Å². The first kappa shape index (κ1) is 16.6. The molecule has 0 radical (unpaired) electrons. The summed E-state index contributed by atoms with van der Waals surface area (Å²) in [5, 5.41) is 26.6. The third-order valence-electron chi connectivity index (χ3n) is 2.35. The molecule has 6 nitrogen and oxygen atoms in total. The summed E-state index contributed by atoms with van der Waals surface area (Å²) in [5.74, 6) is -4.27. The van der Waals surface area contributed by atoms with E-state index in [0.717, 1.165) is 0 Å². The maximum atomic E-state index is 12.0. The molecular weight excluding hydrogens is 259 g/mol. The van der Waals surface area contributed by atoms with Crippen LogP contribution in [0.1, 0.15) is 12.8 Å². The zero-order valence-electron chi connectivity index (χ0n) is 9.28. The number of hydrogen-bond acceptors (Lipinski definition) is 4. The van der Waals surface area contributed by atoms with Crippen LogP contribution >= 0.6 is 0 Å². The highest BCUT2D eigenvalue weighted by molar-refractivity contribution is 6.27. The molecule has 1 saturated heterocycles. The monoisotopic (exact) mass is 273 g/mol. The zero-order valence-corrected chi connectivity index (χ0v) is 9.28. The van der Waals surface area contributed by atoms with E-state index in [2.05, 4.69) is 5.32 Å². The molecule has 106 valence electrons. The summed E-state index contributed by atoms with van der Waals surface area (Å²) in [5.41, 5.74) is 0. The number of piperidine rings is 1. The lowest BCUT2D eigenvalue weighted by atomic mass is 9.92. The molecule has 1 heterocycles. The summed E-state index contributed by atoms with van der Waals surface area (Å²) in [6.07, 6.45) is -5.79. The van der Waals surface area contributed by atoms with E-state index in [9.17, 15) is 13.2 Å². The second-order valence-electron chi connectivity index (χ2n) is 3.68. The third kappa shape index (κ3) is 6.40. The van der Waals surface area contributed by atoms with Crippen molar-refractivity contribution in [1.29, 1.82) is 0 Å². The number of rotatable bonds is 1. The topological polar surface area (TPSA) is 107 Å². The molecule has 0 spiro atoms. The number of carboxylic acids is 2. The van der Waals surface area contributed by atoms with Gasteiger partial charge in [-0.25, -0.2) is 9.59 Å². The van der Waals surface area contributed by atoms with Gasteiger partial charge in [-0.3, -0.25) is 0 Å². The number of halogens is 3. The first-order valence-corrected chi connectivity index (χ1v) is 5.08. The van der Waals surface area contributed by atoms with E-state index in [4.69, 9.17) is 24.9 Å². The molecule has 0 saturated carbocycles. The molecule has 0 amide bonds. The lowest BCUT2D eigenvalue weighted by Crippen LogP contribution is -2.41. The van der Waals surface area contributed by atoms with Gasteiger partial charge in [0.25, 0.3) is 0 Å².